The van der Waals surface area contributed by atoms with E-state index in [-0.39, 0.29) is 23.8 Å². The summed E-state index contributed by atoms with van der Waals surface area (Å²) in [5.41, 5.74) is 0.984. The topological polar surface area (TPSA) is 57.9 Å². The average molecular weight is 177 g/mol. The smallest absolute Gasteiger partial charge is 0.560 e. The van der Waals surface area contributed by atoms with Gasteiger partial charge in [-0.05, 0) is 19.1 Å². The quantitative estimate of drug-likeness (QED) is 0.503. The molecule has 3 nitrogen and oxygen atoms in total. The Morgan fingerprint density at radius 1 is 1.17 bits per heavy atom. The second-order valence-corrected chi connectivity index (χ2v) is 3.79. The number of aryl methyl sites for hydroxylation is 1. The molecule has 12 heavy (non-hydrogen) atoms. The molecule has 0 saturated carbocycles. The van der Waals surface area contributed by atoms with Crippen molar-refractivity contribution in [3.63, 3.8) is 0 Å². The molecule has 0 aliphatic heterocycles. The average Bonchev–Trinajstić information content (AvgIpc) is 1.86. The first-order valence-corrected chi connectivity index (χ1v) is 4.55. The van der Waals surface area contributed by atoms with Crippen LogP contribution in [-0.4, -0.2) is 8.42 Å². The summed E-state index contributed by atoms with van der Waals surface area (Å²) in [6.45, 7) is 1.86. The van der Waals surface area contributed by atoms with Crippen molar-refractivity contribution in [3.05, 3.63) is 35.0 Å². The van der Waals surface area contributed by atoms with Crippen molar-refractivity contribution in [2.45, 2.75) is 11.8 Å². The Labute approximate surface area is 84.2 Å². The van der Waals surface area contributed by atoms with Gasteiger partial charge >= 0.3 is 18.9 Å². The van der Waals surface area contributed by atoms with E-state index in [1.807, 2.05) is 6.92 Å². The molecule has 0 fully saturated rings. The monoisotopic (exact) mass is 177 g/mol. The van der Waals surface area contributed by atoms with Gasteiger partial charge in [0.15, 0.2) is 0 Å². The van der Waals surface area contributed by atoms with E-state index in [4.69, 9.17) is 5.14 Å². The van der Waals surface area contributed by atoms with Gasteiger partial charge in [0, 0.05) is 4.90 Å². The van der Waals surface area contributed by atoms with Gasteiger partial charge in [0.1, 0.15) is 0 Å². The number of hydrogen-bond donors (Lipinski definition) is 0. The molecule has 0 amide bonds. The standard InChI is InChI=1S/C7H8NO2S.Li/c1-6-2-4-7(5-3-6)11(8,9)10;/h2-5H,1H3,(H-,8,9,10);/q-1;+1. The Hall–Kier alpha value is -0.273. The number of sulfonamides is 1. The summed E-state index contributed by atoms with van der Waals surface area (Å²) in [6.07, 6.45) is 0. The first-order chi connectivity index (χ1) is 5.00. The van der Waals surface area contributed by atoms with Crippen LogP contribution in [0.2, 0.25) is 0 Å². The van der Waals surface area contributed by atoms with Gasteiger partial charge in [0.2, 0.25) is 0 Å². The third-order valence-electron chi connectivity index (χ3n) is 1.33. The van der Waals surface area contributed by atoms with Gasteiger partial charge in [0.25, 0.3) is 0 Å². The van der Waals surface area contributed by atoms with Crippen molar-refractivity contribution < 1.29 is 27.3 Å². The fourth-order valence-corrected chi connectivity index (χ4v) is 1.21. The molecule has 1 aromatic rings. The molecule has 0 unspecified atom stereocenters. The molecule has 0 atom stereocenters. The third kappa shape index (κ3) is 3.00. The third-order valence-corrected chi connectivity index (χ3v) is 2.22. The summed E-state index contributed by atoms with van der Waals surface area (Å²) >= 11 is 0. The molecule has 0 aliphatic rings. The van der Waals surface area contributed by atoms with Gasteiger partial charge < -0.3 is 5.14 Å². The van der Waals surface area contributed by atoms with Gasteiger partial charge in [0.05, 0.1) is 10.0 Å². The molecule has 0 heterocycles. The van der Waals surface area contributed by atoms with Crippen molar-refractivity contribution in [1.29, 1.82) is 0 Å². The number of hydrogen-bond acceptors (Lipinski definition) is 2. The van der Waals surface area contributed by atoms with Crippen molar-refractivity contribution in [1.82, 2.24) is 0 Å². The Morgan fingerprint density at radius 3 is 1.92 bits per heavy atom. The summed E-state index contributed by atoms with van der Waals surface area (Å²) in [4.78, 5) is 0.0445. The number of nitrogens with one attached hydrogen (secondary N) is 1. The predicted octanol–water partition coefficient (Wildman–Crippen LogP) is -1.26. The fourth-order valence-electron chi connectivity index (χ4n) is 0.717. The molecule has 0 aliphatic carbocycles. The van der Waals surface area contributed by atoms with E-state index in [2.05, 4.69) is 0 Å². The van der Waals surface area contributed by atoms with Crippen LogP contribution < -0.4 is 18.9 Å². The Balaban J connectivity index is 0.00000121. The summed E-state index contributed by atoms with van der Waals surface area (Å²) in [6, 6.07) is 6.19. The Bertz CT molecular complexity index is 344. The molecular formula is C7H8LiNO2S. The maximum absolute atomic E-state index is 10.6. The predicted molar refractivity (Wildman–Crippen MR) is 42.7 cm³/mol. The van der Waals surface area contributed by atoms with Crippen LogP contribution in [-0.2, 0) is 10.0 Å². The molecule has 60 valence electrons. The molecule has 0 saturated heterocycles. The molecule has 0 aromatic heterocycles. The first kappa shape index (κ1) is 11.7. The second kappa shape index (κ2) is 4.10. The van der Waals surface area contributed by atoms with Gasteiger partial charge in [-0.25, -0.2) is 8.42 Å². The molecule has 5 heteroatoms. The zero-order valence-electron chi connectivity index (χ0n) is 7.03. The van der Waals surface area contributed by atoms with E-state index in [9.17, 15) is 8.42 Å². The SMILES string of the molecule is Cc1ccc(S([NH-])(=O)=O)cc1.[Li+]. The van der Waals surface area contributed by atoms with Crippen LogP contribution in [0.5, 0.6) is 0 Å². The van der Waals surface area contributed by atoms with E-state index >= 15 is 0 Å². The summed E-state index contributed by atoms with van der Waals surface area (Å²) < 4.78 is 21.2. The van der Waals surface area contributed by atoms with Gasteiger partial charge in [-0.3, -0.25) is 0 Å². The van der Waals surface area contributed by atoms with Crippen molar-refractivity contribution in [2.24, 2.45) is 0 Å². The van der Waals surface area contributed by atoms with Crippen LogP contribution in [0.15, 0.2) is 29.2 Å². The van der Waals surface area contributed by atoms with E-state index in [0.717, 1.165) is 5.56 Å². The van der Waals surface area contributed by atoms with Gasteiger partial charge in [-0.15, -0.1) is 0 Å². The van der Waals surface area contributed by atoms with E-state index in [0.29, 0.717) is 0 Å². The van der Waals surface area contributed by atoms with Crippen molar-refractivity contribution >= 4 is 10.0 Å². The molecule has 0 bridgehead atoms. The Kier molecular flexibility index (Phi) is 4.01. The molecule has 1 aromatic carbocycles. The van der Waals surface area contributed by atoms with Crippen LogP contribution in [0, 0.1) is 6.92 Å². The summed E-state index contributed by atoms with van der Waals surface area (Å²) in [7, 11) is -3.77. The number of benzene rings is 1. The molecule has 1 N–H and O–H groups in total. The normalized spacial score (nSPS) is 10.5. The van der Waals surface area contributed by atoms with Crippen molar-refractivity contribution in [3.8, 4) is 0 Å². The fraction of sp³-hybridized carbons (Fsp3) is 0.143. The van der Waals surface area contributed by atoms with Crippen LogP contribution in [0.4, 0.5) is 0 Å². The maximum Gasteiger partial charge on any atom is 1.00 e. The van der Waals surface area contributed by atoms with Gasteiger partial charge in [-0.2, -0.15) is 0 Å². The second-order valence-electron chi connectivity index (χ2n) is 2.32. The van der Waals surface area contributed by atoms with E-state index in [1.54, 1.807) is 12.1 Å². The van der Waals surface area contributed by atoms with E-state index in [1.165, 1.54) is 12.1 Å². The molecule has 0 radical (unpaired) electrons. The first-order valence-electron chi connectivity index (χ1n) is 3.06. The van der Waals surface area contributed by atoms with Gasteiger partial charge in [-0.1, -0.05) is 17.7 Å². The van der Waals surface area contributed by atoms with Crippen LogP contribution >= 0.6 is 0 Å². The van der Waals surface area contributed by atoms with Crippen LogP contribution in [0.3, 0.4) is 0 Å². The maximum atomic E-state index is 10.6. The minimum atomic E-state index is -3.77. The molecule has 0 spiro atoms. The van der Waals surface area contributed by atoms with Crippen LogP contribution in [0.1, 0.15) is 5.56 Å². The minimum absolute atomic E-state index is 0. The Morgan fingerprint density at radius 2 is 1.58 bits per heavy atom. The molecular weight excluding hydrogens is 169 g/mol. The van der Waals surface area contributed by atoms with Crippen LogP contribution in [0.25, 0.3) is 5.14 Å². The van der Waals surface area contributed by atoms with Crippen molar-refractivity contribution in [2.75, 3.05) is 0 Å². The zero-order chi connectivity index (χ0) is 8.48. The number of rotatable bonds is 1. The zero-order valence-corrected chi connectivity index (χ0v) is 7.85. The molecule has 1 rings (SSSR count). The van der Waals surface area contributed by atoms with E-state index < -0.39 is 10.0 Å². The minimum Gasteiger partial charge on any atom is -0.560 e. The largest absolute Gasteiger partial charge is 1.00 e. The summed E-state index contributed by atoms with van der Waals surface area (Å²) in [5, 5.41) is 6.72. The summed E-state index contributed by atoms with van der Waals surface area (Å²) in [5.74, 6) is 0.